The SMILES string of the molecule is C=C(C(=O)O)[C@H]1C=C2C(C)=CC=C2C(C)=CC1. The van der Waals surface area contributed by atoms with Crippen LogP contribution in [0.1, 0.15) is 20.3 Å². The minimum atomic E-state index is -0.912. The van der Waals surface area contributed by atoms with Crippen molar-refractivity contribution in [3.63, 3.8) is 0 Å². The first-order chi connectivity index (χ1) is 8.00. The molecule has 1 N–H and O–H groups in total. The van der Waals surface area contributed by atoms with Gasteiger partial charge in [-0.3, -0.25) is 0 Å². The van der Waals surface area contributed by atoms with E-state index < -0.39 is 5.97 Å². The molecule has 0 aromatic heterocycles. The highest BCUT2D eigenvalue weighted by atomic mass is 16.4. The number of rotatable bonds is 2. The molecule has 0 heterocycles. The smallest absolute Gasteiger partial charge is 0.331 e. The summed E-state index contributed by atoms with van der Waals surface area (Å²) in [5.41, 5.74) is 5.04. The second-order valence-corrected chi connectivity index (χ2v) is 4.57. The van der Waals surface area contributed by atoms with E-state index in [1.807, 2.05) is 6.08 Å². The lowest BCUT2D eigenvalue weighted by atomic mass is 9.93. The van der Waals surface area contributed by atoms with Crippen LogP contribution >= 0.6 is 0 Å². The quantitative estimate of drug-likeness (QED) is 0.735. The number of carboxylic acid groups (broad SMARTS) is 1. The van der Waals surface area contributed by atoms with E-state index in [-0.39, 0.29) is 11.5 Å². The Morgan fingerprint density at radius 2 is 2.00 bits per heavy atom. The van der Waals surface area contributed by atoms with E-state index in [9.17, 15) is 4.79 Å². The summed E-state index contributed by atoms with van der Waals surface area (Å²) < 4.78 is 0. The van der Waals surface area contributed by atoms with Crippen molar-refractivity contribution in [2.24, 2.45) is 5.92 Å². The van der Waals surface area contributed by atoms with Crippen molar-refractivity contribution < 1.29 is 9.90 Å². The predicted octanol–water partition coefficient (Wildman–Crippen LogP) is 3.41. The van der Waals surface area contributed by atoms with Crippen LogP contribution in [0.2, 0.25) is 0 Å². The number of fused-ring (bicyclic) bond motifs is 1. The summed E-state index contributed by atoms with van der Waals surface area (Å²) >= 11 is 0. The molecular weight excluding hydrogens is 212 g/mol. The van der Waals surface area contributed by atoms with Gasteiger partial charge >= 0.3 is 5.97 Å². The van der Waals surface area contributed by atoms with E-state index in [2.05, 4.69) is 38.7 Å². The number of hydrogen-bond acceptors (Lipinski definition) is 1. The molecule has 0 unspecified atom stereocenters. The Balaban J connectivity index is 2.42. The number of aliphatic carboxylic acids is 1. The summed E-state index contributed by atoms with van der Waals surface area (Å²) in [4.78, 5) is 11.0. The molecule has 0 saturated heterocycles. The number of carboxylic acids is 1. The van der Waals surface area contributed by atoms with Crippen LogP contribution in [0.5, 0.6) is 0 Å². The molecule has 0 saturated carbocycles. The Bertz CT molecular complexity index is 513. The van der Waals surface area contributed by atoms with Crippen LogP contribution in [0.4, 0.5) is 0 Å². The van der Waals surface area contributed by atoms with Crippen LogP contribution in [0.15, 0.2) is 58.7 Å². The van der Waals surface area contributed by atoms with Crippen molar-refractivity contribution in [1.82, 2.24) is 0 Å². The maximum absolute atomic E-state index is 11.0. The van der Waals surface area contributed by atoms with Gasteiger partial charge in [0.1, 0.15) is 0 Å². The molecule has 0 radical (unpaired) electrons. The molecule has 0 aromatic rings. The molecule has 88 valence electrons. The second kappa shape index (κ2) is 4.21. The van der Waals surface area contributed by atoms with Crippen LogP contribution in [-0.2, 0) is 4.79 Å². The summed E-state index contributed by atoms with van der Waals surface area (Å²) in [7, 11) is 0. The third-order valence-corrected chi connectivity index (χ3v) is 3.41. The zero-order valence-electron chi connectivity index (χ0n) is 10.2. The van der Waals surface area contributed by atoms with Crippen molar-refractivity contribution in [2.45, 2.75) is 20.3 Å². The molecular formula is C15H16O2. The molecule has 2 aliphatic rings. The van der Waals surface area contributed by atoms with E-state index in [1.165, 1.54) is 16.7 Å². The average Bonchev–Trinajstić information content (AvgIpc) is 2.55. The molecule has 2 aliphatic carbocycles. The van der Waals surface area contributed by atoms with Crippen molar-refractivity contribution in [3.8, 4) is 0 Å². The minimum absolute atomic E-state index is 0.107. The molecule has 0 spiro atoms. The van der Waals surface area contributed by atoms with Gasteiger partial charge in [0.05, 0.1) is 0 Å². The molecule has 0 amide bonds. The summed E-state index contributed by atoms with van der Waals surface area (Å²) in [5.74, 6) is -1.02. The maximum Gasteiger partial charge on any atom is 0.331 e. The Hall–Kier alpha value is -1.83. The number of allylic oxidation sites excluding steroid dienone is 8. The predicted molar refractivity (Wildman–Crippen MR) is 68.6 cm³/mol. The standard InChI is InChI=1S/C15H16O2/c1-9-4-6-12(11(3)15(16)17)8-14-10(2)5-7-13(9)14/h4-5,7-8,12H,3,6H2,1-2H3,(H,16,17)/t12-/m1/s1. The van der Waals surface area contributed by atoms with E-state index in [0.717, 1.165) is 5.57 Å². The molecule has 0 aliphatic heterocycles. The fraction of sp³-hybridized carbons (Fsp3) is 0.267. The van der Waals surface area contributed by atoms with Gasteiger partial charge in [-0.1, -0.05) is 30.9 Å². The second-order valence-electron chi connectivity index (χ2n) is 4.57. The summed E-state index contributed by atoms with van der Waals surface area (Å²) in [6.07, 6.45) is 9.02. The first kappa shape index (κ1) is 11.6. The first-order valence-electron chi connectivity index (χ1n) is 5.71. The lowest BCUT2D eigenvalue weighted by Crippen LogP contribution is -2.09. The average molecular weight is 228 g/mol. The Morgan fingerprint density at radius 3 is 2.65 bits per heavy atom. The van der Waals surface area contributed by atoms with Crippen molar-refractivity contribution in [3.05, 3.63) is 58.7 Å². The van der Waals surface area contributed by atoms with Crippen LogP contribution in [0, 0.1) is 5.92 Å². The van der Waals surface area contributed by atoms with Crippen LogP contribution in [0.3, 0.4) is 0 Å². The van der Waals surface area contributed by atoms with Gasteiger partial charge in [-0.25, -0.2) is 4.79 Å². The molecule has 17 heavy (non-hydrogen) atoms. The van der Waals surface area contributed by atoms with Crippen LogP contribution in [0.25, 0.3) is 0 Å². The molecule has 2 heteroatoms. The lowest BCUT2D eigenvalue weighted by molar-refractivity contribution is -0.133. The molecule has 2 nitrogen and oxygen atoms in total. The van der Waals surface area contributed by atoms with Gasteiger partial charge < -0.3 is 5.11 Å². The highest BCUT2D eigenvalue weighted by molar-refractivity contribution is 5.87. The Labute approximate surface area is 101 Å². The molecule has 2 rings (SSSR count). The number of carbonyl (C=O) groups is 1. The van der Waals surface area contributed by atoms with E-state index in [4.69, 9.17) is 5.11 Å². The molecule has 0 fully saturated rings. The Kier molecular flexibility index (Phi) is 2.88. The third kappa shape index (κ3) is 2.03. The van der Waals surface area contributed by atoms with E-state index >= 15 is 0 Å². The van der Waals surface area contributed by atoms with E-state index in [1.54, 1.807) is 0 Å². The summed E-state index contributed by atoms with van der Waals surface area (Å²) in [6, 6.07) is 0. The summed E-state index contributed by atoms with van der Waals surface area (Å²) in [5, 5.41) is 9.02. The first-order valence-corrected chi connectivity index (χ1v) is 5.71. The zero-order valence-corrected chi connectivity index (χ0v) is 10.2. The van der Waals surface area contributed by atoms with Crippen molar-refractivity contribution in [1.29, 1.82) is 0 Å². The van der Waals surface area contributed by atoms with Gasteiger partial charge in [0, 0.05) is 11.5 Å². The topological polar surface area (TPSA) is 37.3 Å². The maximum atomic E-state index is 11.0. The van der Waals surface area contributed by atoms with Gasteiger partial charge in [0.2, 0.25) is 0 Å². The molecule has 0 aromatic carbocycles. The van der Waals surface area contributed by atoms with Crippen LogP contribution < -0.4 is 0 Å². The minimum Gasteiger partial charge on any atom is -0.478 e. The normalized spacial score (nSPS) is 22.8. The number of hydrogen-bond donors (Lipinski definition) is 1. The van der Waals surface area contributed by atoms with Crippen molar-refractivity contribution in [2.75, 3.05) is 0 Å². The zero-order chi connectivity index (χ0) is 12.6. The highest BCUT2D eigenvalue weighted by Gasteiger charge is 2.22. The largest absolute Gasteiger partial charge is 0.478 e. The van der Waals surface area contributed by atoms with Gasteiger partial charge in [-0.15, -0.1) is 0 Å². The fourth-order valence-corrected chi connectivity index (χ4v) is 2.25. The summed E-state index contributed by atoms with van der Waals surface area (Å²) in [6.45, 7) is 7.79. The molecule has 0 bridgehead atoms. The van der Waals surface area contributed by atoms with E-state index in [0.29, 0.717) is 6.42 Å². The van der Waals surface area contributed by atoms with Gasteiger partial charge in [0.15, 0.2) is 0 Å². The fourth-order valence-electron chi connectivity index (χ4n) is 2.25. The lowest BCUT2D eigenvalue weighted by Gasteiger charge is -2.11. The van der Waals surface area contributed by atoms with Gasteiger partial charge in [0.25, 0.3) is 0 Å². The van der Waals surface area contributed by atoms with Crippen molar-refractivity contribution >= 4 is 5.97 Å². The molecule has 1 atom stereocenters. The van der Waals surface area contributed by atoms with Gasteiger partial charge in [-0.2, -0.15) is 0 Å². The Morgan fingerprint density at radius 1 is 1.29 bits per heavy atom. The van der Waals surface area contributed by atoms with Crippen LogP contribution in [-0.4, -0.2) is 11.1 Å². The monoisotopic (exact) mass is 228 g/mol. The van der Waals surface area contributed by atoms with Gasteiger partial charge in [-0.05, 0) is 42.6 Å². The third-order valence-electron chi connectivity index (χ3n) is 3.41. The highest BCUT2D eigenvalue weighted by Crippen LogP contribution is 2.36.